The van der Waals surface area contributed by atoms with Gasteiger partial charge in [0, 0.05) is 5.56 Å². The second-order valence-corrected chi connectivity index (χ2v) is 8.03. The molecule has 0 bridgehead atoms. The van der Waals surface area contributed by atoms with Crippen LogP contribution in [-0.4, -0.2) is 20.0 Å². The number of nitrogens with two attached hydrogens (primary N) is 1. The lowest BCUT2D eigenvalue weighted by Crippen LogP contribution is -2.21. The topological polar surface area (TPSA) is 106 Å². The normalized spacial score (nSPS) is 15.8. The number of carbonyl (C=O) groups excluding carboxylic acids is 1. The van der Waals surface area contributed by atoms with Crippen molar-refractivity contribution in [3.63, 3.8) is 0 Å². The molecule has 29 heavy (non-hydrogen) atoms. The van der Waals surface area contributed by atoms with E-state index < -0.39 is 10.0 Å². The first-order valence-electron chi connectivity index (χ1n) is 8.73. The van der Waals surface area contributed by atoms with Crippen molar-refractivity contribution in [2.75, 3.05) is 5.01 Å². The summed E-state index contributed by atoms with van der Waals surface area (Å²) in [5.41, 5.74) is 2.42. The lowest BCUT2D eigenvalue weighted by atomic mass is 10.1. The van der Waals surface area contributed by atoms with Crippen LogP contribution in [0.15, 0.2) is 86.7 Å². The van der Waals surface area contributed by atoms with Gasteiger partial charge in [0.25, 0.3) is 5.91 Å². The third-order valence-corrected chi connectivity index (χ3v) is 5.37. The number of furan rings is 1. The van der Waals surface area contributed by atoms with Crippen LogP contribution in [0, 0.1) is 0 Å². The molecule has 1 aromatic heterocycles. The van der Waals surface area contributed by atoms with E-state index in [1.54, 1.807) is 37.3 Å². The summed E-state index contributed by atoms with van der Waals surface area (Å²) in [4.78, 5) is 12.8. The molecule has 2 N–H and O–H groups in total. The Bertz CT molecular complexity index is 1240. The highest BCUT2D eigenvalue weighted by molar-refractivity contribution is 7.89. The number of benzene rings is 2. The molecule has 3 aromatic rings. The second-order valence-electron chi connectivity index (χ2n) is 6.47. The summed E-state index contributed by atoms with van der Waals surface area (Å²) in [6, 6.07) is 18.7. The average Bonchev–Trinajstić information content (AvgIpc) is 3.28. The maximum Gasteiger partial charge on any atom is 0.280 e. The lowest BCUT2D eigenvalue weighted by molar-refractivity contribution is -0.114. The van der Waals surface area contributed by atoms with Crippen molar-refractivity contribution in [1.29, 1.82) is 0 Å². The van der Waals surface area contributed by atoms with Gasteiger partial charge in [0.05, 0.1) is 21.9 Å². The van der Waals surface area contributed by atoms with E-state index in [-0.39, 0.29) is 10.8 Å². The number of hydrogen-bond donors (Lipinski definition) is 1. The van der Waals surface area contributed by atoms with Gasteiger partial charge in [0.1, 0.15) is 11.5 Å². The first-order chi connectivity index (χ1) is 13.8. The molecule has 2 aromatic carbocycles. The number of rotatable bonds is 4. The van der Waals surface area contributed by atoms with Crippen LogP contribution in [-0.2, 0) is 14.8 Å². The Hall–Kier alpha value is -3.49. The fourth-order valence-electron chi connectivity index (χ4n) is 2.97. The molecule has 0 unspecified atom stereocenters. The van der Waals surface area contributed by atoms with Crippen molar-refractivity contribution in [2.24, 2.45) is 10.2 Å². The average molecular weight is 407 g/mol. The number of nitrogens with zero attached hydrogens (tertiary/aromatic N) is 2. The minimum absolute atomic E-state index is 0.0274. The van der Waals surface area contributed by atoms with Crippen molar-refractivity contribution >= 4 is 33.4 Å². The zero-order chi connectivity index (χ0) is 20.6. The van der Waals surface area contributed by atoms with E-state index >= 15 is 0 Å². The number of hydrogen-bond acceptors (Lipinski definition) is 5. The highest BCUT2D eigenvalue weighted by Gasteiger charge is 2.28. The number of amides is 1. The lowest BCUT2D eigenvalue weighted by Gasteiger charge is -2.10. The summed E-state index contributed by atoms with van der Waals surface area (Å²) in [5.74, 6) is 0.797. The molecule has 1 amide bonds. The van der Waals surface area contributed by atoms with Gasteiger partial charge in [0.2, 0.25) is 10.0 Å². The predicted molar refractivity (Wildman–Crippen MR) is 111 cm³/mol. The minimum atomic E-state index is -3.75. The zero-order valence-electron chi connectivity index (χ0n) is 15.4. The van der Waals surface area contributed by atoms with Gasteiger partial charge in [0.15, 0.2) is 0 Å². The van der Waals surface area contributed by atoms with Crippen LogP contribution < -0.4 is 10.1 Å². The molecular formula is C21H17N3O4S. The van der Waals surface area contributed by atoms with E-state index in [0.29, 0.717) is 34.1 Å². The van der Waals surface area contributed by atoms with Gasteiger partial charge < -0.3 is 4.42 Å². The summed E-state index contributed by atoms with van der Waals surface area (Å²) in [5, 5.41) is 10.8. The largest absolute Gasteiger partial charge is 0.457 e. The van der Waals surface area contributed by atoms with Gasteiger partial charge >= 0.3 is 0 Å². The molecule has 0 spiro atoms. The Labute approximate surface area is 167 Å². The van der Waals surface area contributed by atoms with Gasteiger partial charge in [-0.1, -0.05) is 18.2 Å². The highest BCUT2D eigenvalue weighted by atomic mass is 32.2. The Morgan fingerprint density at radius 2 is 1.69 bits per heavy atom. The predicted octanol–water partition coefficient (Wildman–Crippen LogP) is 3.40. The smallest absolute Gasteiger partial charge is 0.280 e. The summed E-state index contributed by atoms with van der Waals surface area (Å²) < 4.78 is 28.5. The quantitative estimate of drug-likeness (QED) is 0.669. The molecule has 2 heterocycles. The second kappa shape index (κ2) is 7.16. The van der Waals surface area contributed by atoms with Crippen molar-refractivity contribution in [3.8, 4) is 11.3 Å². The molecular weight excluding hydrogens is 390 g/mol. The molecule has 8 heteroatoms. The van der Waals surface area contributed by atoms with Crippen molar-refractivity contribution in [1.82, 2.24) is 0 Å². The van der Waals surface area contributed by atoms with Crippen LogP contribution in [0.1, 0.15) is 12.7 Å². The molecule has 146 valence electrons. The number of anilines is 1. The zero-order valence-corrected chi connectivity index (χ0v) is 16.3. The molecule has 0 radical (unpaired) electrons. The molecule has 0 aliphatic carbocycles. The Morgan fingerprint density at radius 3 is 2.34 bits per heavy atom. The number of para-hydroxylation sites is 1. The Balaban J connectivity index is 1.60. The van der Waals surface area contributed by atoms with E-state index in [0.717, 1.165) is 0 Å². The van der Waals surface area contributed by atoms with Crippen LogP contribution in [0.3, 0.4) is 0 Å². The summed E-state index contributed by atoms with van der Waals surface area (Å²) in [6.45, 7) is 1.77. The van der Waals surface area contributed by atoms with Crippen LogP contribution in [0.2, 0.25) is 0 Å². The van der Waals surface area contributed by atoms with Gasteiger partial charge in [-0.2, -0.15) is 10.1 Å². The monoisotopic (exact) mass is 407 g/mol. The highest BCUT2D eigenvalue weighted by Crippen LogP contribution is 2.28. The molecule has 0 fully saturated rings. The Morgan fingerprint density at radius 1 is 1.00 bits per heavy atom. The van der Waals surface area contributed by atoms with E-state index in [1.807, 2.05) is 30.3 Å². The standard InChI is InChI=1S/C21H17N3O4S/c1-14-19(21(25)24(23-14)16-5-3-2-4-6-16)13-17-9-12-20(28-17)15-7-10-18(11-8-15)29(22,26)27/h2-13H,1H3,(H2,22,26,27). The molecule has 7 nitrogen and oxygen atoms in total. The molecule has 4 rings (SSSR count). The summed E-state index contributed by atoms with van der Waals surface area (Å²) >= 11 is 0. The Kier molecular flexibility index (Phi) is 4.65. The van der Waals surface area contributed by atoms with Crippen molar-refractivity contribution in [2.45, 2.75) is 11.8 Å². The van der Waals surface area contributed by atoms with E-state index in [9.17, 15) is 13.2 Å². The maximum absolute atomic E-state index is 12.8. The molecule has 1 aliphatic rings. The van der Waals surface area contributed by atoms with Crippen LogP contribution in [0.5, 0.6) is 0 Å². The third kappa shape index (κ3) is 3.75. The van der Waals surface area contributed by atoms with Gasteiger partial charge in [-0.25, -0.2) is 13.6 Å². The number of carbonyl (C=O) groups is 1. The molecule has 0 atom stereocenters. The first-order valence-corrected chi connectivity index (χ1v) is 10.3. The fourth-order valence-corrected chi connectivity index (χ4v) is 3.48. The first kappa shape index (κ1) is 18.9. The minimum Gasteiger partial charge on any atom is -0.457 e. The van der Waals surface area contributed by atoms with E-state index in [4.69, 9.17) is 9.56 Å². The number of primary sulfonamides is 1. The molecule has 0 saturated heterocycles. The van der Waals surface area contributed by atoms with Gasteiger partial charge in [-0.3, -0.25) is 4.79 Å². The van der Waals surface area contributed by atoms with Crippen molar-refractivity contribution < 1.29 is 17.6 Å². The van der Waals surface area contributed by atoms with Gasteiger partial charge in [-0.15, -0.1) is 0 Å². The fraction of sp³-hybridized carbons (Fsp3) is 0.0476. The van der Waals surface area contributed by atoms with Gasteiger partial charge in [-0.05, 0) is 61.5 Å². The van der Waals surface area contributed by atoms with Crippen LogP contribution in [0.4, 0.5) is 5.69 Å². The SMILES string of the molecule is CC1=NN(c2ccccc2)C(=O)C1=Cc1ccc(-c2ccc(S(N)(=O)=O)cc2)o1. The van der Waals surface area contributed by atoms with Crippen LogP contribution >= 0.6 is 0 Å². The van der Waals surface area contributed by atoms with Crippen LogP contribution in [0.25, 0.3) is 17.4 Å². The summed E-state index contributed by atoms with van der Waals surface area (Å²) in [6.07, 6.45) is 1.65. The maximum atomic E-state index is 12.8. The molecule has 1 aliphatic heterocycles. The molecule has 0 saturated carbocycles. The summed E-state index contributed by atoms with van der Waals surface area (Å²) in [7, 11) is -3.75. The van der Waals surface area contributed by atoms with E-state index in [1.165, 1.54) is 17.1 Å². The number of hydrazone groups is 1. The van der Waals surface area contributed by atoms with Crippen molar-refractivity contribution in [3.05, 3.63) is 78.1 Å². The number of sulfonamides is 1. The third-order valence-electron chi connectivity index (χ3n) is 4.44. The van der Waals surface area contributed by atoms with E-state index in [2.05, 4.69) is 5.10 Å².